The van der Waals surface area contributed by atoms with E-state index < -0.39 is 33.8 Å². The van der Waals surface area contributed by atoms with Gasteiger partial charge in [-0.05, 0) is 62.7 Å². The minimum absolute atomic E-state index is 0.0722. The van der Waals surface area contributed by atoms with Crippen LogP contribution in [0, 0.1) is 5.82 Å². The number of carbonyl (C=O) groups is 2. The van der Waals surface area contributed by atoms with E-state index in [1.807, 2.05) is 0 Å². The number of sulfonamides is 1. The van der Waals surface area contributed by atoms with E-state index in [0.717, 1.165) is 0 Å². The van der Waals surface area contributed by atoms with Gasteiger partial charge >= 0.3 is 5.97 Å². The summed E-state index contributed by atoms with van der Waals surface area (Å²) >= 11 is 0. The summed E-state index contributed by atoms with van der Waals surface area (Å²) in [7, 11) is -3.63. The van der Waals surface area contributed by atoms with Gasteiger partial charge < -0.3 is 10.1 Å². The normalized spacial score (nSPS) is 12.4. The predicted molar refractivity (Wildman–Crippen MR) is 106 cm³/mol. The van der Waals surface area contributed by atoms with Crippen LogP contribution < -0.4 is 10.0 Å². The van der Waals surface area contributed by atoms with Crippen molar-refractivity contribution in [3.63, 3.8) is 0 Å². The summed E-state index contributed by atoms with van der Waals surface area (Å²) in [6.07, 6.45) is -1.15. The van der Waals surface area contributed by atoms with Crippen molar-refractivity contribution in [3.05, 3.63) is 59.9 Å². The molecule has 9 heteroatoms. The molecule has 29 heavy (non-hydrogen) atoms. The van der Waals surface area contributed by atoms with Crippen LogP contribution in [0.1, 0.15) is 26.3 Å². The van der Waals surface area contributed by atoms with E-state index in [2.05, 4.69) is 10.0 Å². The molecule has 0 aromatic heterocycles. The molecule has 1 atom stereocenters. The number of halogens is 1. The van der Waals surface area contributed by atoms with Crippen LogP contribution in [-0.2, 0) is 30.8 Å². The molecule has 2 aromatic rings. The zero-order valence-corrected chi connectivity index (χ0v) is 17.1. The standard InChI is InChI=1S/C20H23FN2O5S/c1-13(2)23-29(26,27)18-10-8-17(9-11-18)22-20(25)14(3)28-19(24)12-15-4-6-16(21)7-5-15/h4-11,13-14,23H,12H2,1-3H3,(H,22,25)/t14-/m1/s1. The van der Waals surface area contributed by atoms with Gasteiger partial charge in [-0.1, -0.05) is 12.1 Å². The maximum absolute atomic E-state index is 12.9. The molecule has 0 saturated heterocycles. The summed E-state index contributed by atoms with van der Waals surface area (Å²) in [6.45, 7) is 4.85. The second-order valence-electron chi connectivity index (χ2n) is 6.72. The number of nitrogens with one attached hydrogen (secondary N) is 2. The van der Waals surface area contributed by atoms with Crippen LogP contribution in [0.15, 0.2) is 53.4 Å². The second-order valence-corrected chi connectivity index (χ2v) is 8.44. The first-order chi connectivity index (χ1) is 13.6. The Balaban J connectivity index is 1.91. The molecule has 0 unspecified atom stereocenters. The van der Waals surface area contributed by atoms with Gasteiger partial charge in [0.25, 0.3) is 5.91 Å². The lowest BCUT2D eigenvalue weighted by molar-refractivity contribution is -0.152. The van der Waals surface area contributed by atoms with Gasteiger partial charge in [-0.15, -0.1) is 0 Å². The molecule has 0 heterocycles. The molecule has 2 aromatic carbocycles. The molecule has 1 amide bonds. The molecule has 0 radical (unpaired) electrons. The van der Waals surface area contributed by atoms with Gasteiger partial charge in [-0.3, -0.25) is 9.59 Å². The van der Waals surface area contributed by atoms with E-state index in [1.54, 1.807) is 13.8 Å². The molecule has 0 aliphatic heterocycles. The van der Waals surface area contributed by atoms with Gasteiger partial charge in [0, 0.05) is 11.7 Å². The third kappa shape index (κ3) is 6.95. The molecule has 0 aliphatic carbocycles. The number of rotatable bonds is 8. The van der Waals surface area contributed by atoms with Crippen LogP contribution in [0.5, 0.6) is 0 Å². The van der Waals surface area contributed by atoms with Crippen LogP contribution in [0.4, 0.5) is 10.1 Å². The first-order valence-electron chi connectivity index (χ1n) is 8.94. The zero-order chi connectivity index (χ0) is 21.6. The Bertz CT molecular complexity index is 957. The molecule has 0 saturated carbocycles. The number of benzene rings is 2. The largest absolute Gasteiger partial charge is 0.452 e. The average molecular weight is 422 g/mol. The highest BCUT2D eigenvalue weighted by molar-refractivity contribution is 7.89. The SMILES string of the molecule is CC(C)NS(=O)(=O)c1ccc(NC(=O)[C@@H](C)OC(=O)Cc2ccc(F)cc2)cc1. The van der Waals surface area contributed by atoms with E-state index in [-0.39, 0.29) is 17.4 Å². The molecule has 0 aliphatic rings. The molecule has 2 N–H and O–H groups in total. The Morgan fingerprint density at radius 3 is 2.14 bits per heavy atom. The van der Waals surface area contributed by atoms with E-state index in [9.17, 15) is 22.4 Å². The van der Waals surface area contributed by atoms with Crippen molar-refractivity contribution >= 4 is 27.6 Å². The number of ether oxygens (including phenoxy) is 1. The lowest BCUT2D eigenvalue weighted by Gasteiger charge is -2.14. The van der Waals surface area contributed by atoms with E-state index in [4.69, 9.17) is 4.74 Å². The summed E-state index contributed by atoms with van der Waals surface area (Å²) in [6, 6.07) is 10.8. The first kappa shape index (κ1) is 22.5. The lowest BCUT2D eigenvalue weighted by Crippen LogP contribution is -2.31. The van der Waals surface area contributed by atoms with Crippen LogP contribution in [-0.4, -0.2) is 32.4 Å². The van der Waals surface area contributed by atoms with Crippen molar-refractivity contribution < 1.29 is 27.1 Å². The monoisotopic (exact) mass is 422 g/mol. The number of amides is 1. The van der Waals surface area contributed by atoms with Gasteiger partial charge in [0.1, 0.15) is 5.82 Å². The zero-order valence-electron chi connectivity index (χ0n) is 16.3. The Morgan fingerprint density at radius 1 is 1.00 bits per heavy atom. The molecule has 156 valence electrons. The predicted octanol–water partition coefficient (Wildman–Crippen LogP) is 2.63. The van der Waals surface area contributed by atoms with Crippen LogP contribution in [0.3, 0.4) is 0 Å². The smallest absolute Gasteiger partial charge is 0.311 e. The number of hydrogen-bond donors (Lipinski definition) is 2. The number of anilines is 1. The molecular weight excluding hydrogens is 399 g/mol. The Labute approximate surface area is 169 Å². The lowest BCUT2D eigenvalue weighted by atomic mass is 10.1. The Hall–Kier alpha value is -2.78. The summed E-state index contributed by atoms with van der Waals surface area (Å²) in [5.41, 5.74) is 0.927. The Morgan fingerprint density at radius 2 is 1.59 bits per heavy atom. The summed E-state index contributed by atoms with van der Waals surface area (Å²) < 4.78 is 44.6. The van der Waals surface area contributed by atoms with Crippen molar-refractivity contribution in [2.75, 3.05) is 5.32 Å². The number of hydrogen-bond acceptors (Lipinski definition) is 5. The van der Waals surface area contributed by atoms with Crippen molar-refractivity contribution in [2.45, 2.75) is 44.2 Å². The van der Waals surface area contributed by atoms with Gasteiger partial charge in [0.05, 0.1) is 11.3 Å². The maximum Gasteiger partial charge on any atom is 0.311 e. The van der Waals surface area contributed by atoms with Gasteiger partial charge in [0.2, 0.25) is 10.0 Å². The molecule has 2 rings (SSSR count). The van der Waals surface area contributed by atoms with Crippen LogP contribution in [0.2, 0.25) is 0 Å². The molecule has 0 spiro atoms. The fourth-order valence-electron chi connectivity index (χ4n) is 2.40. The minimum Gasteiger partial charge on any atom is -0.452 e. The van der Waals surface area contributed by atoms with Crippen LogP contribution in [0.25, 0.3) is 0 Å². The topological polar surface area (TPSA) is 102 Å². The minimum atomic E-state index is -3.63. The van der Waals surface area contributed by atoms with Gasteiger partial charge in [-0.25, -0.2) is 17.5 Å². The quantitative estimate of drug-likeness (QED) is 0.637. The van der Waals surface area contributed by atoms with Crippen molar-refractivity contribution in [1.29, 1.82) is 0 Å². The average Bonchev–Trinajstić information content (AvgIpc) is 2.63. The maximum atomic E-state index is 12.9. The summed E-state index contributed by atoms with van der Waals surface area (Å²) in [5.74, 6) is -1.59. The van der Waals surface area contributed by atoms with Gasteiger partial charge in [0.15, 0.2) is 6.10 Å². The van der Waals surface area contributed by atoms with Crippen LogP contribution >= 0.6 is 0 Å². The fourth-order valence-corrected chi connectivity index (χ4v) is 3.65. The van der Waals surface area contributed by atoms with E-state index in [0.29, 0.717) is 11.3 Å². The van der Waals surface area contributed by atoms with E-state index in [1.165, 1.54) is 55.5 Å². The third-order valence-corrected chi connectivity index (χ3v) is 5.44. The molecular formula is C20H23FN2O5S. The number of esters is 1. The van der Waals surface area contributed by atoms with Crippen molar-refractivity contribution in [2.24, 2.45) is 0 Å². The third-order valence-electron chi connectivity index (χ3n) is 3.76. The first-order valence-corrected chi connectivity index (χ1v) is 10.4. The highest BCUT2D eigenvalue weighted by atomic mass is 32.2. The van der Waals surface area contributed by atoms with Crippen molar-refractivity contribution in [1.82, 2.24) is 4.72 Å². The fraction of sp³-hybridized carbons (Fsp3) is 0.300. The second kappa shape index (κ2) is 9.62. The summed E-state index contributed by atoms with van der Waals surface area (Å²) in [4.78, 5) is 24.2. The van der Waals surface area contributed by atoms with E-state index >= 15 is 0 Å². The van der Waals surface area contributed by atoms with Gasteiger partial charge in [-0.2, -0.15) is 0 Å². The highest BCUT2D eigenvalue weighted by Crippen LogP contribution is 2.15. The molecule has 0 fully saturated rings. The summed E-state index contributed by atoms with van der Waals surface area (Å²) in [5, 5.41) is 2.56. The molecule has 7 nitrogen and oxygen atoms in total. The highest BCUT2D eigenvalue weighted by Gasteiger charge is 2.19. The molecule has 0 bridgehead atoms. The van der Waals surface area contributed by atoms with Crippen molar-refractivity contribution in [3.8, 4) is 0 Å². The Kier molecular flexibility index (Phi) is 7.46. The number of carbonyl (C=O) groups excluding carboxylic acids is 2.